The van der Waals surface area contributed by atoms with Gasteiger partial charge in [-0.1, -0.05) is 21.1 Å². The number of hydrogen-bond acceptors (Lipinski definition) is 5. The van der Waals surface area contributed by atoms with Crippen LogP contribution in [0.2, 0.25) is 0 Å². The molecule has 0 aliphatic carbocycles. The fourth-order valence-corrected chi connectivity index (χ4v) is 3.19. The van der Waals surface area contributed by atoms with Gasteiger partial charge in [-0.2, -0.15) is 0 Å². The standard InChI is InChI=1S/C20H19BrN2O3S/c1-14-12-17(6-7-18(14)21)27-26-22-10-2-3-11-25-16-5-8-19-15(13-16)4-9-20(24)23-19/h4-10,12-13H,2-3,11H2,1H3,(H,23,24). The number of pyridine rings is 1. The quantitative estimate of drug-likeness (QED) is 0.215. The van der Waals surface area contributed by atoms with E-state index in [2.05, 4.69) is 26.1 Å². The highest BCUT2D eigenvalue weighted by atomic mass is 79.9. The molecule has 0 bridgehead atoms. The molecule has 0 aliphatic rings. The zero-order valence-electron chi connectivity index (χ0n) is 14.8. The van der Waals surface area contributed by atoms with Crippen LogP contribution in [0.1, 0.15) is 18.4 Å². The molecule has 0 saturated heterocycles. The van der Waals surface area contributed by atoms with E-state index in [1.165, 1.54) is 18.1 Å². The van der Waals surface area contributed by atoms with Crippen molar-refractivity contribution < 1.29 is 9.02 Å². The summed E-state index contributed by atoms with van der Waals surface area (Å²) in [5.41, 5.74) is 1.86. The van der Waals surface area contributed by atoms with Crippen LogP contribution in [-0.4, -0.2) is 17.8 Å². The Balaban J connectivity index is 1.36. The van der Waals surface area contributed by atoms with E-state index in [0.717, 1.165) is 44.4 Å². The first-order valence-corrected chi connectivity index (χ1v) is 10.0. The fraction of sp³-hybridized carbons (Fsp3) is 0.200. The van der Waals surface area contributed by atoms with Crippen molar-refractivity contribution >= 4 is 45.1 Å². The van der Waals surface area contributed by atoms with Gasteiger partial charge in [0.1, 0.15) is 17.8 Å². The van der Waals surface area contributed by atoms with Crippen molar-refractivity contribution in [1.29, 1.82) is 0 Å². The maximum Gasteiger partial charge on any atom is 0.248 e. The molecular formula is C20H19BrN2O3S. The fourth-order valence-electron chi connectivity index (χ4n) is 2.40. The number of oxime groups is 1. The highest BCUT2D eigenvalue weighted by Crippen LogP contribution is 2.25. The van der Waals surface area contributed by atoms with Crippen LogP contribution in [0, 0.1) is 6.92 Å². The Hall–Kier alpha value is -2.25. The summed E-state index contributed by atoms with van der Waals surface area (Å²) in [6, 6.07) is 14.9. The second kappa shape index (κ2) is 9.62. The molecule has 140 valence electrons. The van der Waals surface area contributed by atoms with Crippen LogP contribution in [0.4, 0.5) is 0 Å². The minimum atomic E-state index is -0.105. The van der Waals surface area contributed by atoms with E-state index in [1.807, 2.05) is 43.3 Å². The number of nitrogens with one attached hydrogen (secondary N) is 1. The van der Waals surface area contributed by atoms with Crippen LogP contribution in [0.5, 0.6) is 5.75 Å². The third-order valence-electron chi connectivity index (χ3n) is 3.82. The van der Waals surface area contributed by atoms with Gasteiger partial charge in [0.15, 0.2) is 0 Å². The summed E-state index contributed by atoms with van der Waals surface area (Å²) in [6.07, 6.45) is 3.34. The molecule has 7 heteroatoms. The van der Waals surface area contributed by atoms with Gasteiger partial charge in [0.2, 0.25) is 5.56 Å². The summed E-state index contributed by atoms with van der Waals surface area (Å²) < 4.78 is 12.1. The van der Waals surface area contributed by atoms with Gasteiger partial charge in [0.25, 0.3) is 0 Å². The van der Waals surface area contributed by atoms with E-state index in [4.69, 9.17) is 9.02 Å². The van der Waals surface area contributed by atoms with Crippen molar-refractivity contribution in [2.75, 3.05) is 6.61 Å². The van der Waals surface area contributed by atoms with Crippen LogP contribution in [0.15, 0.2) is 67.8 Å². The minimum absolute atomic E-state index is 0.105. The number of unbranched alkanes of at least 4 members (excludes halogenated alkanes) is 1. The molecule has 1 aromatic heterocycles. The summed E-state index contributed by atoms with van der Waals surface area (Å²) in [5, 5.41) is 4.90. The van der Waals surface area contributed by atoms with Gasteiger partial charge in [-0.15, -0.1) is 0 Å². The summed E-state index contributed by atoms with van der Waals surface area (Å²) in [7, 11) is 0. The molecule has 0 amide bonds. The number of ether oxygens (including phenoxy) is 1. The zero-order chi connectivity index (χ0) is 19.1. The Bertz CT molecular complexity index is 1000. The van der Waals surface area contributed by atoms with E-state index < -0.39 is 0 Å². The van der Waals surface area contributed by atoms with Gasteiger partial charge in [0.05, 0.1) is 11.5 Å². The predicted molar refractivity (Wildman–Crippen MR) is 114 cm³/mol. The number of H-pyrrole nitrogens is 1. The molecule has 5 nitrogen and oxygen atoms in total. The highest BCUT2D eigenvalue weighted by molar-refractivity contribution is 9.10. The highest BCUT2D eigenvalue weighted by Gasteiger charge is 2.00. The lowest BCUT2D eigenvalue weighted by Crippen LogP contribution is -2.02. The van der Waals surface area contributed by atoms with Crippen molar-refractivity contribution in [3.63, 3.8) is 0 Å². The topological polar surface area (TPSA) is 63.7 Å². The number of aryl methyl sites for hydroxylation is 1. The van der Waals surface area contributed by atoms with Crippen molar-refractivity contribution in [1.82, 2.24) is 4.98 Å². The molecule has 0 saturated carbocycles. The number of halogens is 1. The van der Waals surface area contributed by atoms with Gasteiger partial charge >= 0.3 is 0 Å². The van der Waals surface area contributed by atoms with E-state index in [-0.39, 0.29) is 5.56 Å². The second-order valence-corrected chi connectivity index (χ2v) is 7.56. The van der Waals surface area contributed by atoms with E-state index in [9.17, 15) is 4.79 Å². The molecule has 0 aliphatic heterocycles. The van der Waals surface area contributed by atoms with E-state index in [1.54, 1.807) is 12.3 Å². The van der Waals surface area contributed by atoms with Crippen molar-refractivity contribution in [2.24, 2.45) is 5.16 Å². The summed E-state index contributed by atoms with van der Waals surface area (Å²) in [4.78, 5) is 15.1. The average molecular weight is 447 g/mol. The van der Waals surface area contributed by atoms with Crippen molar-refractivity contribution in [3.05, 3.63) is 68.9 Å². The zero-order valence-corrected chi connectivity index (χ0v) is 17.2. The molecule has 1 N–H and O–H groups in total. The SMILES string of the molecule is Cc1cc(SON=CCCCOc2ccc3[nH]c(=O)ccc3c2)ccc1Br. The van der Waals surface area contributed by atoms with E-state index in [0.29, 0.717) is 6.61 Å². The molecule has 1 heterocycles. The molecule has 0 atom stereocenters. The van der Waals surface area contributed by atoms with Gasteiger partial charge in [-0.3, -0.25) is 4.79 Å². The number of benzene rings is 2. The second-order valence-electron chi connectivity index (χ2n) is 5.92. The lowest BCUT2D eigenvalue weighted by atomic mass is 10.2. The average Bonchev–Trinajstić information content (AvgIpc) is 2.66. The number of rotatable bonds is 8. The molecule has 0 spiro atoms. The van der Waals surface area contributed by atoms with Gasteiger partial charge in [-0.05, 0) is 67.8 Å². The largest absolute Gasteiger partial charge is 0.494 e. The molecular weight excluding hydrogens is 428 g/mol. The number of fused-ring (bicyclic) bond motifs is 1. The van der Waals surface area contributed by atoms with Gasteiger partial charge in [-0.25, -0.2) is 0 Å². The maximum atomic E-state index is 11.3. The van der Waals surface area contributed by atoms with Crippen LogP contribution >= 0.6 is 28.0 Å². The maximum absolute atomic E-state index is 11.3. The number of aromatic amines is 1. The molecule has 0 radical (unpaired) electrons. The predicted octanol–water partition coefficient (Wildman–Crippen LogP) is 5.47. The third kappa shape index (κ3) is 5.87. The first kappa shape index (κ1) is 19.5. The van der Waals surface area contributed by atoms with Gasteiger partial charge < -0.3 is 14.0 Å². The number of nitrogens with zero attached hydrogens (tertiary/aromatic N) is 1. The van der Waals surface area contributed by atoms with Crippen molar-refractivity contribution in [3.8, 4) is 5.75 Å². The molecule has 3 rings (SSSR count). The lowest BCUT2D eigenvalue weighted by molar-refractivity contribution is 0.313. The summed E-state index contributed by atoms with van der Waals surface area (Å²) in [5.74, 6) is 0.781. The smallest absolute Gasteiger partial charge is 0.248 e. The van der Waals surface area contributed by atoms with Crippen molar-refractivity contribution in [2.45, 2.75) is 24.7 Å². The molecule has 0 fully saturated rings. The van der Waals surface area contributed by atoms with Gasteiger partial charge in [0, 0.05) is 27.7 Å². The third-order valence-corrected chi connectivity index (χ3v) is 5.32. The Labute approximate surface area is 170 Å². The molecule has 27 heavy (non-hydrogen) atoms. The number of hydrogen-bond donors (Lipinski definition) is 1. The number of aromatic nitrogens is 1. The van der Waals surface area contributed by atoms with Crippen LogP contribution in [-0.2, 0) is 4.28 Å². The monoisotopic (exact) mass is 446 g/mol. The molecule has 2 aromatic carbocycles. The first-order chi connectivity index (χ1) is 13.1. The molecule has 3 aromatic rings. The molecule has 0 unspecified atom stereocenters. The summed E-state index contributed by atoms with van der Waals surface area (Å²) in [6.45, 7) is 2.62. The Morgan fingerprint density at radius 3 is 2.93 bits per heavy atom. The van der Waals surface area contributed by atoms with Crippen LogP contribution in [0.25, 0.3) is 10.9 Å². The minimum Gasteiger partial charge on any atom is -0.494 e. The summed E-state index contributed by atoms with van der Waals surface area (Å²) >= 11 is 4.70. The van der Waals surface area contributed by atoms with Crippen LogP contribution < -0.4 is 10.3 Å². The normalized spacial score (nSPS) is 11.2. The Kier molecular flexibility index (Phi) is 6.95. The first-order valence-electron chi connectivity index (χ1n) is 8.49. The van der Waals surface area contributed by atoms with Crippen LogP contribution in [0.3, 0.4) is 0 Å². The Morgan fingerprint density at radius 1 is 1.19 bits per heavy atom. The van der Waals surface area contributed by atoms with E-state index >= 15 is 0 Å². The lowest BCUT2D eigenvalue weighted by Gasteiger charge is -2.06. The Morgan fingerprint density at radius 2 is 2.07 bits per heavy atom.